The van der Waals surface area contributed by atoms with E-state index in [0.717, 1.165) is 23.9 Å². The van der Waals surface area contributed by atoms with Gasteiger partial charge in [0, 0.05) is 24.3 Å². The zero-order chi connectivity index (χ0) is 16.2. The summed E-state index contributed by atoms with van der Waals surface area (Å²) in [5.41, 5.74) is 1.09. The van der Waals surface area contributed by atoms with E-state index in [1.807, 2.05) is 55.3 Å². The van der Waals surface area contributed by atoms with Crippen LogP contribution in [0.25, 0.3) is 10.8 Å². The number of rotatable bonds is 5. The summed E-state index contributed by atoms with van der Waals surface area (Å²) in [5.74, 6) is -0.228. The van der Waals surface area contributed by atoms with Crippen molar-refractivity contribution in [3.05, 3.63) is 54.6 Å². The lowest BCUT2D eigenvalue weighted by atomic mass is 10.1. The normalized spacial score (nSPS) is 11.1. The minimum Gasteiger partial charge on any atom is -0.318 e. The number of nitrogens with zero attached hydrogens (tertiary/aromatic N) is 4. The quantitative estimate of drug-likeness (QED) is 0.785. The molecule has 2 aromatic heterocycles. The van der Waals surface area contributed by atoms with Gasteiger partial charge in [0.2, 0.25) is 0 Å². The molecule has 1 N–H and O–H groups in total. The van der Waals surface area contributed by atoms with Gasteiger partial charge in [0.1, 0.15) is 5.69 Å². The fourth-order valence-electron chi connectivity index (χ4n) is 2.34. The van der Waals surface area contributed by atoms with Gasteiger partial charge in [0.25, 0.3) is 5.91 Å². The molecule has 3 aromatic rings. The second-order valence-electron chi connectivity index (χ2n) is 5.63. The van der Waals surface area contributed by atoms with Gasteiger partial charge in [-0.25, -0.2) is 0 Å². The number of likely N-dealkylation sites (N-methyl/N-ethyl adjacent to an activating group) is 1. The first-order valence-electron chi connectivity index (χ1n) is 7.46. The first-order valence-corrected chi connectivity index (χ1v) is 7.46. The average Bonchev–Trinajstić information content (AvgIpc) is 2.99. The van der Waals surface area contributed by atoms with Gasteiger partial charge in [-0.05, 0) is 25.5 Å². The van der Waals surface area contributed by atoms with Gasteiger partial charge in [0.05, 0.1) is 18.4 Å². The number of pyridine rings is 1. The van der Waals surface area contributed by atoms with Crippen molar-refractivity contribution in [1.82, 2.24) is 19.7 Å². The Morgan fingerprint density at radius 2 is 2.09 bits per heavy atom. The number of aromatic nitrogens is 3. The maximum Gasteiger partial charge on any atom is 0.274 e. The molecule has 0 spiro atoms. The van der Waals surface area contributed by atoms with Gasteiger partial charge in [-0.3, -0.25) is 14.5 Å². The fourth-order valence-corrected chi connectivity index (χ4v) is 2.34. The van der Waals surface area contributed by atoms with Crippen LogP contribution in [0.1, 0.15) is 10.5 Å². The van der Waals surface area contributed by atoms with E-state index in [9.17, 15) is 4.79 Å². The zero-order valence-corrected chi connectivity index (χ0v) is 13.2. The summed E-state index contributed by atoms with van der Waals surface area (Å²) < 4.78 is 1.81. The van der Waals surface area contributed by atoms with Gasteiger partial charge >= 0.3 is 0 Å². The van der Waals surface area contributed by atoms with Crippen molar-refractivity contribution in [3.8, 4) is 0 Å². The third kappa shape index (κ3) is 3.54. The van der Waals surface area contributed by atoms with Crippen LogP contribution in [0, 0.1) is 0 Å². The van der Waals surface area contributed by atoms with Crippen molar-refractivity contribution in [2.75, 3.05) is 26.0 Å². The summed E-state index contributed by atoms with van der Waals surface area (Å²) in [7, 11) is 4.02. The smallest absolute Gasteiger partial charge is 0.274 e. The average molecular weight is 309 g/mol. The Morgan fingerprint density at radius 3 is 2.91 bits per heavy atom. The molecular formula is C17H19N5O. The molecule has 0 radical (unpaired) electrons. The SMILES string of the molecule is CN(C)CCn1cc(NC(=O)c2nccc3ccccc23)cn1. The Bertz CT molecular complexity index is 819. The third-order valence-corrected chi connectivity index (χ3v) is 3.56. The lowest BCUT2D eigenvalue weighted by molar-refractivity contribution is 0.102. The fraction of sp³-hybridized carbons (Fsp3) is 0.235. The Balaban J connectivity index is 1.76. The van der Waals surface area contributed by atoms with Crippen LogP contribution in [-0.4, -0.2) is 46.2 Å². The topological polar surface area (TPSA) is 63.0 Å². The van der Waals surface area contributed by atoms with Crippen LogP contribution < -0.4 is 5.32 Å². The second kappa shape index (κ2) is 6.58. The summed E-state index contributed by atoms with van der Waals surface area (Å²) in [6, 6.07) is 9.61. The highest BCUT2D eigenvalue weighted by Gasteiger charge is 2.12. The minimum absolute atomic E-state index is 0.228. The van der Waals surface area contributed by atoms with E-state index in [4.69, 9.17) is 0 Å². The molecule has 3 rings (SSSR count). The third-order valence-electron chi connectivity index (χ3n) is 3.56. The predicted octanol–water partition coefficient (Wildman–Crippen LogP) is 2.25. The number of hydrogen-bond acceptors (Lipinski definition) is 4. The molecule has 0 atom stereocenters. The first kappa shape index (κ1) is 15.2. The highest BCUT2D eigenvalue weighted by atomic mass is 16.1. The monoisotopic (exact) mass is 309 g/mol. The number of fused-ring (bicyclic) bond motifs is 1. The molecule has 0 saturated heterocycles. The molecule has 0 aliphatic heterocycles. The van der Waals surface area contributed by atoms with Crippen molar-refractivity contribution in [2.24, 2.45) is 0 Å². The van der Waals surface area contributed by atoms with Crippen LogP contribution in [0.15, 0.2) is 48.9 Å². The van der Waals surface area contributed by atoms with E-state index in [1.54, 1.807) is 12.4 Å². The molecule has 6 nitrogen and oxygen atoms in total. The number of benzene rings is 1. The van der Waals surface area contributed by atoms with E-state index in [-0.39, 0.29) is 5.91 Å². The number of amides is 1. The first-order chi connectivity index (χ1) is 11.1. The maximum atomic E-state index is 12.5. The van der Waals surface area contributed by atoms with Crippen molar-refractivity contribution >= 4 is 22.4 Å². The molecule has 0 unspecified atom stereocenters. The number of carbonyl (C=O) groups excluding carboxylic acids is 1. The summed E-state index contributed by atoms with van der Waals surface area (Å²) in [6.07, 6.45) is 5.13. The molecule has 2 heterocycles. The van der Waals surface area contributed by atoms with Crippen LogP contribution in [0.3, 0.4) is 0 Å². The van der Waals surface area contributed by atoms with Crippen molar-refractivity contribution < 1.29 is 4.79 Å². The molecule has 6 heteroatoms. The highest BCUT2D eigenvalue weighted by Crippen LogP contribution is 2.17. The predicted molar refractivity (Wildman–Crippen MR) is 90.5 cm³/mol. The van der Waals surface area contributed by atoms with Crippen LogP contribution in [0.2, 0.25) is 0 Å². The number of carbonyl (C=O) groups is 1. The van der Waals surface area contributed by atoms with E-state index in [2.05, 4.69) is 20.3 Å². The summed E-state index contributed by atoms with van der Waals surface area (Å²) in [5, 5.41) is 8.95. The van der Waals surface area contributed by atoms with E-state index in [1.165, 1.54) is 0 Å². The van der Waals surface area contributed by atoms with Gasteiger partial charge in [-0.15, -0.1) is 0 Å². The minimum atomic E-state index is -0.228. The molecule has 0 bridgehead atoms. The standard InChI is InChI=1S/C17H19N5O/c1-21(2)9-10-22-12-14(11-19-22)20-17(23)16-15-6-4-3-5-13(15)7-8-18-16/h3-8,11-12H,9-10H2,1-2H3,(H,20,23). The molecule has 1 aromatic carbocycles. The Morgan fingerprint density at radius 1 is 1.26 bits per heavy atom. The van der Waals surface area contributed by atoms with Crippen LogP contribution in [0.4, 0.5) is 5.69 Å². The van der Waals surface area contributed by atoms with E-state index >= 15 is 0 Å². The number of anilines is 1. The highest BCUT2D eigenvalue weighted by molar-refractivity contribution is 6.11. The van der Waals surface area contributed by atoms with Crippen molar-refractivity contribution in [1.29, 1.82) is 0 Å². The van der Waals surface area contributed by atoms with Crippen LogP contribution in [0.5, 0.6) is 0 Å². The molecule has 0 saturated carbocycles. The van der Waals surface area contributed by atoms with Crippen molar-refractivity contribution in [2.45, 2.75) is 6.54 Å². The molecule has 0 fully saturated rings. The van der Waals surface area contributed by atoms with E-state index in [0.29, 0.717) is 11.4 Å². The summed E-state index contributed by atoms with van der Waals surface area (Å²) in [6.45, 7) is 1.66. The van der Waals surface area contributed by atoms with Gasteiger partial charge in [-0.2, -0.15) is 5.10 Å². The number of nitrogens with one attached hydrogen (secondary N) is 1. The second-order valence-corrected chi connectivity index (χ2v) is 5.63. The zero-order valence-electron chi connectivity index (χ0n) is 13.2. The molecule has 23 heavy (non-hydrogen) atoms. The Kier molecular flexibility index (Phi) is 4.34. The van der Waals surface area contributed by atoms with Crippen LogP contribution in [-0.2, 0) is 6.54 Å². The van der Waals surface area contributed by atoms with Crippen LogP contribution >= 0.6 is 0 Å². The number of hydrogen-bond donors (Lipinski definition) is 1. The lowest BCUT2D eigenvalue weighted by Crippen LogP contribution is -2.18. The summed E-state index contributed by atoms with van der Waals surface area (Å²) in [4.78, 5) is 18.8. The Labute approximate surface area is 134 Å². The molecule has 0 aliphatic rings. The van der Waals surface area contributed by atoms with E-state index < -0.39 is 0 Å². The Hall–Kier alpha value is -2.73. The molecule has 1 amide bonds. The van der Waals surface area contributed by atoms with Gasteiger partial charge < -0.3 is 10.2 Å². The lowest BCUT2D eigenvalue weighted by Gasteiger charge is -2.08. The largest absolute Gasteiger partial charge is 0.318 e. The molecule has 118 valence electrons. The van der Waals surface area contributed by atoms with Gasteiger partial charge in [0.15, 0.2) is 0 Å². The summed E-state index contributed by atoms with van der Waals surface area (Å²) >= 11 is 0. The maximum absolute atomic E-state index is 12.5. The molecular weight excluding hydrogens is 290 g/mol. The molecule has 0 aliphatic carbocycles. The van der Waals surface area contributed by atoms with Gasteiger partial charge in [-0.1, -0.05) is 24.3 Å². The van der Waals surface area contributed by atoms with Crippen molar-refractivity contribution in [3.63, 3.8) is 0 Å².